The zero-order valence-corrected chi connectivity index (χ0v) is 11.2. The summed E-state index contributed by atoms with van der Waals surface area (Å²) in [6.45, 7) is 1.49. The van der Waals surface area contributed by atoms with Crippen molar-refractivity contribution >= 4 is 17.4 Å². The number of nitrogen functional groups attached to an aromatic ring is 1. The number of anilines is 1. The van der Waals surface area contributed by atoms with Crippen LogP contribution in [0.3, 0.4) is 0 Å². The first-order valence-electron chi connectivity index (χ1n) is 6.35. The lowest BCUT2D eigenvalue weighted by Gasteiger charge is -2.20. The second-order valence-corrected chi connectivity index (χ2v) is 5.08. The highest BCUT2D eigenvalue weighted by molar-refractivity contribution is 6.33. The van der Waals surface area contributed by atoms with Crippen LogP contribution >= 0.6 is 11.6 Å². The van der Waals surface area contributed by atoms with Gasteiger partial charge in [-0.25, -0.2) is 0 Å². The number of nitrogens with zero attached hydrogens (tertiary/aromatic N) is 1. The van der Waals surface area contributed by atoms with E-state index in [-0.39, 0.29) is 0 Å². The van der Waals surface area contributed by atoms with Gasteiger partial charge < -0.3 is 15.0 Å². The molecule has 4 nitrogen and oxygen atoms in total. The Bertz CT molecular complexity index is 577. The minimum absolute atomic E-state index is 0.296. The van der Waals surface area contributed by atoms with E-state index >= 15 is 0 Å². The van der Waals surface area contributed by atoms with E-state index in [0.29, 0.717) is 16.8 Å². The Balaban J connectivity index is 2.06. The fourth-order valence-electron chi connectivity index (χ4n) is 2.49. The van der Waals surface area contributed by atoms with Gasteiger partial charge in [-0.05, 0) is 18.9 Å². The number of ether oxygens (including phenoxy) is 1. The first kappa shape index (κ1) is 12.5. The number of rotatable bonds is 2. The molecule has 2 aromatic rings. The Morgan fingerprint density at radius 1 is 1.21 bits per heavy atom. The molecule has 3 rings (SSSR count). The van der Waals surface area contributed by atoms with Gasteiger partial charge in [0.25, 0.3) is 0 Å². The van der Waals surface area contributed by atoms with Gasteiger partial charge >= 0.3 is 0 Å². The largest absolute Gasteiger partial charge is 0.381 e. The van der Waals surface area contributed by atoms with E-state index in [4.69, 9.17) is 26.6 Å². The zero-order chi connectivity index (χ0) is 13.2. The molecular weight excluding hydrogens is 264 g/mol. The van der Waals surface area contributed by atoms with Crippen LogP contribution in [-0.4, -0.2) is 18.4 Å². The van der Waals surface area contributed by atoms with Crippen LogP contribution in [0, 0.1) is 0 Å². The highest BCUT2D eigenvalue weighted by atomic mass is 35.5. The Morgan fingerprint density at radius 3 is 2.68 bits per heavy atom. The maximum Gasteiger partial charge on any atom is 0.175 e. The fourth-order valence-corrected chi connectivity index (χ4v) is 2.72. The van der Waals surface area contributed by atoms with Crippen molar-refractivity contribution in [3.8, 4) is 11.1 Å². The molecule has 1 aromatic carbocycles. The van der Waals surface area contributed by atoms with E-state index in [9.17, 15) is 0 Å². The Labute approximate surface area is 116 Å². The number of halogens is 1. The molecule has 0 radical (unpaired) electrons. The predicted molar refractivity (Wildman–Crippen MR) is 74.2 cm³/mol. The molecule has 0 bridgehead atoms. The van der Waals surface area contributed by atoms with Crippen molar-refractivity contribution in [2.75, 3.05) is 18.9 Å². The molecular formula is C14H15ClN2O2. The van der Waals surface area contributed by atoms with Crippen molar-refractivity contribution in [3.05, 3.63) is 35.0 Å². The topological polar surface area (TPSA) is 61.3 Å². The summed E-state index contributed by atoms with van der Waals surface area (Å²) in [6, 6.07) is 7.61. The van der Waals surface area contributed by atoms with Crippen LogP contribution in [0.2, 0.25) is 5.02 Å². The summed E-state index contributed by atoms with van der Waals surface area (Å²) in [7, 11) is 0. The van der Waals surface area contributed by atoms with E-state index in [1.807, 2.05) is 24.3 Å². The predicted octanol–water partition coefficient (Wildman–Crippen LogP) is 3.47. The third kappa shape index (κ3) is 2.33. The van der Waals surface area contributed by atoms with Gasteiger partial charge in [0.15, 0.2) is 5.82 Å². The second-order valence-electron chi connectivity index (χ2n) is 4.67. The first-order valence-corrected chi connectivity index (χ1v) is 6.73. The van der Waals surface area contributed by atoms with Crippen molar-refractivity contribution in [2.24, 2.45) is 0 Å². The van der Waals surface area contributed by atoms with Gasteiger partial charge in [-0.15, -0.1) is 0 Å². The molecule has 0 aliphatic carbocycles. The molecule has 19 heavy (non-hydrogen) atoms. The number of benzene rings is 1. The van der Waals surface area contributed by atoms with Crippen molar-refractivity contribution < 1.29 is 9.26 Å². The van der Waals surface area contributed by atoms with Crippen LogP contribution in [0.25, 0.3) is 11.1 Å². The maximum atomic E-state index is 6.25. The molecule has 1 aromatic heterocycles. The molecule has 2 N–H and O–H groups in total. The molecule has 1 saturated heterocycles. The monoisotopic (exact) mass is 278 g/mol. The minimum atomic E-state index is 0.296. The van der Waals surface area contributed by atoms with Crippen LogP contribution in [0.4, 0.5) is 5.82 Å². The molecule has 0 saturated carbocycles. The van der Waals surface area contributed by atoms with Crippen molar-refractivity contribution in [3.63, 3.8) is 0 Å². The van der Waals surface area contributed by atoms with Gasteiger partial charge in [0, 0.05) is 29.7 Å². The number of aromatic nitrogens is 1. The normalized spacial score (nSPS) is 16.7. The maximum absolute atomic E-state index is 6.25. The summed E-state index contributed by atoms with van der Waals surface area (Å²) in [6.07, 6.45) is 1.85. The average Bonchev–Trinajstić information content (AvgIpc) is 2.82. The van der Waals surface area contributed by atoms with Gasteiger partial charge in [-0.2, -0.15) is 0 Å². The van der Waals surface area contributed by atoms with Crippen molar-refractivity contribution in [2.45, 2.75) is 18.8 Å². The van der Waals surface area contributed by atoms with Crippen LogP contribution in [0.15, 0.2) is 28.8 Å². The van der Waals surface area contributed by atoms with Crippen LogP contribution in [0.1, 0.15) is 24.5 Å². The summed E-state index contributed by atoms with van der Waals surface area (Å²) in [4.78, 5) is 0. The third-order valence-electron chi connectivity index (χ3n) is 3.48. The van der Waals surface area contributed by atoms with Gasteiger partial charge in [0.2, 0.25) is 0 Å². The standard InChI is InChI=1S/C14H15ClN2O2/c15-11-4-2-1-3-10(11)12-13(19-17-14(12)16)9-5-7-18-8-6-9/h1-4,9H,5-8H2,(H2,16,17). The lowest BCUT2D eigenvalue weighted by Crippen LogP contribution is -2.14. The number of hydrogen-bond acceptors (Lipinski definition) is 4. The van der Waals surface area contributed by atoms with Crippen molar-refractivity contribution in [1.29, 1.82) is 0 Å². The van der Waals surface area contributed by atoms with Gasteiger partial charge in [0.1, 0.15) is 5.76 Å². The molecule has 0 spiro atoms. The Kier molecular flexibility index (Phi) is 3.44. The molecule has 1 aliphatic heterocycles. The van der Waals surface area contributed by atoms with Crippen molar-refractivity contribution in [1.82, 2.24) is 5.16 Å². The molecule has 1 aliphatic rings. The van der Waals surface area contributed by atoms with E-state index in [1.165, 1.54) is 0 Å². The van der Waals surface area contributed by atoms with Gasteiger partial charge in [-0.1, -0.05) is 35.0 Å². The highest BCUT2D eigenvalue weighted by Gasteiger charge is 2.26. The minimum Gasteiger partial charge on any atom is -0.381 e. The summed E-state index contributed by atoms with van der Waals surface area (Å²) < 4.78 is 10.8. The molecule has 0 amide bonds. The van der Waals surface area contributed by atoms with Crippen LogP contribution in [-0.2, 0) is 4.74 Å². The molecule has 5 heteroatoms. The third-order valence-corrected chi connectivity index (χ3v) is 3.81. The van der Waals surface area contributed by atoms with Gasteiger partial charge in [-0.3, -0.25) is 0 Å². The first-order chi connectivity index (χ1) is 9.27. The summed E-state index contributed by atoms with van der Waals surface area (Å²) >= 11 is 6.25. The van der Waals surface area contributed by atoms with Gasteiger partial charge in [0.05, 0.1) is 5.56 Å². The molecule has 0 unspecified atom stereocenters. The lowest BCUT2D eigenvalue weighted by molar-refractivity contribution is 0.0793. The van der Waals surface area contributed by atoms with E-state index in [2.05, 4.69) is 5.16 Å². The molecule has 1 fully saturated rings. The Hall–Kier alpha value is -1.52. The summed E-state index contributed by atoms with van der Waals surface area (Å²) in [5.41, 5.74) is 7.66. The fraction of sp³-hybridized carbons (Fsp3) is 0.357. The second kappa shape index (κ2) is 5.23. The number of hydrogen-bond donors (Lipinski definition) is 1. The highest BCUT2D eigenvalue weighted by Crippen LogP contribution is 2.40. The smallest absolute Gasteiger partial charge is 0.175 e. The SMILES string of the molecule is Nc1noc(C2CCOCC2)c1-c1ccccc1Cl. The average molecular weight is 279 g/mol. The molecule has 0 atom stereocenters. The lowest BCUT2D eigenvalue weighted by atomic mass is 9.92. The van der Waals surface area contributed by atoms with E-state index < -0.39 is 0 Å². The molecule has 100 valence electrons. The van der Waals surface area contributed by atoms with Crippen LogP contribution in [0.5, 0.6) is 0 Å². The summed E-state index contributed by atoms with van der Waals surface area (Å²) in [5, 5.41) is 4.57. The Morgan fingerprint density at radius 2 is 1.95 bits per heavy atom. The summed E-state index contributed by atoms with van der Waals surface area (Å²) in [5.74, 6) is 1.52. The number of nitrogens with two attached hydrogens (primary N) is 1. The molecule has 2 heterocycles. The van der Waals surface area contributed by atoms with E-state index in [1.54, 1.807) is 0 Å². The quantitative estimate of drug-likeness (QED) is 0.914. The van der Waals surface area contributed by atoms with Crippen LogP contribution < -0.4 is 5.73 Å². The zero-order valence-electron chi connectivity index (χ0n) is 10.4. The van der Waals surface area contributed by atoms with E-state index in [0.717, 1.165) is 42.9 Å².